The van der Waals surface area contributed by atoms with Crippen molar-refractivity contribution in [3.63, 3.8) is 0 Å². The zero-order valence-corrected chi connectivity index (χ0v) is 50.8. The summed E-state index contributed by atoms with van der Waals surface area (Å²) >= 11 is 0. The third kappa shape index (κ3) is 44.1. The number of aliphatic hydroxyl groups is 16. The van der Waals surface area contributed by atoms with Crippen molar-refractivity contribution in [2.24, 2.45) is 37.9 Å². The van der Waals surface area contributed by atoms with Crippen LogP contribution in [-0.2, 0) is 23.7 Å². The maximum atomic E-state index is 12.0. The molecule has 24 heteroatoms. The number of unbranched alkanes of at least 4 members (excludes halogenated alkanes) is 1. The average molecular weight is 1180 g/mol. The van der Waals surface area contributed by atoms with Crippen molar-refractivity contribution in [1.82, 2.24) is 0 Å². The van der Waals surface area contributed by atoms with E-state index in [1.165, 1.54) is 14.2 Å². The summed E-state index contributed by atoms with van der Waals surface area (Å²) in [6, 6.07) is 0. The lowest BCUT2D eigenvalue weighted by Crippen LogP contribution is -2.39. The van der Waals surface area contributed by atoms with Gasteiger partial charge in [0.25, 0.3) is 0 Å². The van der Waals surface area contributed by atoms with Gasteiger partial charge in [0.2, 0.25) is 0 Å². The standard InChI is InChI=1S/C9H20O2.C8H15F3O2.C8H18O4.2C8H18O3.C7H16O4.C7H16O3/c1-3-5-9(7-10,8-11)6-4-2;1-2-3-7(5-12,6-13)4-8(9,10)11;1-11-4-3-8(5-9,6-10)7-12-2;1-3-4-8(5-9,6-10)7-11-2;1-2-3-4-8(5-9,6-10)7-11;1-10-5-7(3-8,4-9)6-11-2;1-2-3-7(4-8,5-9)6-10/h10-11H,3-8H2,1-2H3;12-13H,2-6H2,1H3;9-10H,3-7H2,1-2H3;9-10H,3-7H2,1-2H3;9-11H,2-7H2,1H3;8-9H,3-6H2,1-2H3;8-10H,2-6H2,1H3. The van der Waals surface area contributed by atoms with Crippen LogP contribution in [0.25, 0.3) is 0 Å². The maximum Gasteiger partial charge on any atom is 0.389 e. The zero-order chi connectivity index (χ0) is 63.0. The van der Waals surface area contributed by atoms with Crippen molar-refractivity contribution >= 4 is 0 Å². The van der Waals surface area contributed by atoms with Crippen LogP contribution < -0.4 is 0 Å². The Morgan fingerprint density at radius 3 is 0.696 bits per heavy atom. The van der Waals surface area contributed by atoms with Crippen molar-refractivity contribution in [3.8, 4) is 0 Å². The molecule has 0 aromatic heterocycles. The highest BCUT2D eigenvalue weighted by Crippen LogP contribution is 2.36. The van der Waals surface area contributed by atoms with Gasteiger partial charge < -0.3 is 105 Å². The van der Waals surface area contributed by atoms with Gasteiger partial charge in [-0.3, -0.25) is 0 Å². The minimum absolute atomic E-state index is 0.00875. The van der Waals surface area contributed by atoms with Crippen molar-refractivity contribution in [1.29, 1.82) is 0 Å². The number of rotatable bonds is 41. The second-order valence-corrected chi connectivity index (χ2v) is 21.2. The molecular formula is C55H121F3O21. The Morgan fingerprint density at radius 1 is 0.253 bits per heavy atom. The molecule has 0 fully saturated rings. The first-order valence-corrected chi connectivity index (χ1v) is 27.6. The third-order valence-electron chi connectivity index (χ3n) is 13.5. The molecule has 79 heavy (non-hydrogen) atoms. The first-order chi connectivity index (χ1) is 37.3. The SMILES string of the molecule is CCCC(CO)(CO)CC(F)(F)F.CCCC(CO)(CO)CCC.CCCC(CO)(CO)CO.CCCC(CO)(CO)COC.CCCCC(CO)(CO)CO.COCC(CO)(CO)COC.COCCC(CO)(CO)COC. The van der Waals surface area contributed by atoms with Gasteiger partial charge in [-0.1, -0.05) is 86.5 Å². The van der Waals surface area contributed by atoms with Gasteiger partial charge in [0.05, 0.1) is 144 Å². The Labute approximate surface area is 473 Å². The second kappa shape index (κ2) is 57.4. The molecule has 0 unspecified atom stereocenters. The van der Waals surface area contributed by atoms with Crippen molar-refractivity contribution < 1.29 is 119 Å². The van der Waals surface area contributed by atoms with Gasteiger partial charge in [-0.15, -0.1) is 0 Å². The van der Waals surface area contributed by atoms with Crippen LogP contribution in [0.4, 0.5) is 13.2 Å². The molecule has 0 spiro atoms. The number of ether oxygens (including phenoxy) is 5. The average Bonchev–Trinajstić information content (AvgIpc) is 3.46. The molecule has 16 N–H and O–H groups in total. The summed E-state index contributed by atoms with van der Waals surface area (Å²) in [5, 5.41) is 143. The van der Waals surface area contributed by atoms with Crippen LogP contribution in [0, 0.1) is 37.9 Å². The Bertz CT molecular complexity index is 1090. The summed E-state index contributed by atoms with van der Waals surface area (Å²) in [6.45, 7) is 11.5. The summed E-state index contributed by atoms with van der Waals surface area (Å²) in [6.07, 6.45) is 5.65. The number of alkyl halides is 3. The van der Waals surface area contributed by atoms with E-state index in [1.54, 1.807) is 28.3 Å². The highest BCUT2D eigenvalue weighted by atomic mass is 19.4. The summed E-state index contributed by atoms with van der Waals surface area (Å²) < 4.78 is 60.5. The largest absolute Gasteiger partial charge is 0.396 e. The molecule has 0 rings (SSSR count). The van der Waals surface area contributed by atoms with Gasteiger partial charge in [0, 0.05) is 74.6 Å². The van der Waals surface area contributed by atoms with Gasteiger partial charge in [0.15, 0.2) is 0 Å². The lowest BCUT2D eigenvalue weighted by molar-refractivity contribution is -0.171. The predicted molar refractivity (Wildman–Crippen MR) is 299 cm³/mol. The Kier molecular flexibility index (Phi) is 66.6. The quantitative estimate of drug-likeness (QED) is 0.0418. The van der Waals surface area contributed by atoms with Crippen LogP contribution in [0.5, 0.6) is 0 Å². The normalized spacial score (nSPS) is 12.2. The second-order valence-electron chi connectivity index (χ2n) is 21.2. The maximum absolute atomic E-state index is 12.0. The van der Waals surface area contributed by atoms with Gasteiger partial charge >= 0.3 is 6.18 Å². The fourth-order valence-corrected chi connectivity index (χ4v) is 7.86. The molecule has 0 aromatic carbocycles. The number of halogens is 3. The smallest absolute Gasteiger partial charge is 0.389 e. The number of methoxy groups -OCH3 is 5. The van der Waals surface area contributed by atoms with Gasteiger partial charge in [-0.05, 0) is 44.9 Å². The van der Waals surface area contributed by atoms with E-state index < -0.39 is 58.3 Å². The number of hydrogen-bond acceptors (Lipinski definition) is 21. The molecule has 0 heterocycles. The molecule has 0 aromatic rings. The van der Waals surface area contributed by atoms with E-state index in [9.17, 15) is 13.2 Å². The van der Waals surface area contributed by atoms with E-state index in [-0.39, 0.29) is 104 Å². The molecule has 0 saturated heterocycles. The molecule has 0 aliphatic heterocycles. The van der Waals surface area contributed by atoms with E-state index in [0.29, 0.717) is 58.7 Å². The monoisotopic (exact) mass is 1170 g/mol. The summed E-state index contributed by atoms with van der Waals surface area (Å²) in [5.74, 6) is 0. The minimum atomic E-state index is -4.33. The van der Waals surface area contributed by atoms with Crippen molar-refractivity contribution in [2.45, 2.75) is 144 Å². The van der Waals surface area contributed by atoms with E-state index in [2.05, 4.69) is 13.8 Å². The summed E-state index contributed by atoms with van der Waals surface area (Å²) in [5.41, 5.74) is -4.54. The molecule has 488 valence electrons. The lowest BCUT2D eigenvalue weighted by Gasteiger charge is -2.30. The fourth-order valence-electron chi connectivity index (χ4n) is 7.86. The highest BCUT2D eigenvalue weighted by molar-refractivity contribution is 4.82. The lowest BCUT2D eigenvalue weighted by atomic mass is 9.81. The predicted octanol–water partition coefficient (Wildman–Crippen LogP) is 2.45. The number of aliphatic hydroxyl groups excluding tert-OH is 16. The topological polar surface area (TPSA) is 370 Å². The molecule has 0 saturated carbocycles. The molecule has 0 amide bonds. The van der Waals surface area contributed by atoms with Crippen LogP contribution in [-0.4, -0.2) is 262 Å². The molecule has 0 radical (unpaired) electrons. The van der Waals surface area contributed by atoms with E-state index in [1.807, 2.05) is 20.8 Å². The fraction of sp³-hybridized carbons (Fsp3) is 1.00. The van der Waals surface area contributed by atoms with Crippen LogP contribution in [0.1, 0.15) is 138 Å². The van der Waals surface area contributed by atoms with E-state index in [4.69, 9.17) is 105 Å². The van der Waals surface area contributed by atoms with Crippen molar-refractivity contribution in [2.75, 3.05) is 174 Å². The first-order valence-electron chi connectivity index (χ1n) is 27.6. The summed E-state index contributed by atoms with van der Waals surface area (Å²) in [4.78, 5) is 0. The van der Waals surface area contributed by atoms with Gasteiger partial charge in [0.1, 0.15) is 0 Å². The molecule has 0 bridgehead atoms. The molecule has 21 nitrogen and oxygen atoms in total. The molecule has 0 aliphatic rings. The number of hydrogen-bond donors (Lipinski definition) is 16. The first kappa shape index (κ1) is 91.7. The van der Waals surface area contributed by atoms with Crippen LogP contribution >= 0.6 is 0 Å². The van der Waals surface area contributed by atoms with Crippen molar-refractivity contribution in [3.05, 3.63) is 0 Å². The Hall–Kier alpha value is -1.05. The third-order valence-corrected chi connectivity index (χ3v) is 13.5. The highest BCUT2D eigenvalue weighted by Gasteiger charge is 2.41. The van der Waals surface area contributed by atoms with E-state index in [0.717, 1.165) is 57.8 Å². The minimum Gasteiger partial charge on any atom is -0.396 e. The molecule has 0 atom stereocenters. The molecule has 0 aliphatic carbocycles. The molecular weight excluding hydrogens is 1050 g/mol. The Morgan fingerprint density at radius 2 is 0.481 bits per heavy atom. The Balaban J connectivity index is -0.000000153. The van der Waals surface area contributed by atoms with Gasteiger partial charge in [-0.25, -0.2) is 0 Å². The van der Waals surface area contributed by atoms with E-state index >= 15 is 0 Å². The van der Waals surface area contributed by atoms with Crippen LogP contribution in [0.3, 0.4) is 0 Å². The zero-order valence-electron chi connectivity index (χ0n) is 50.8. The summed E-state index contributed by atoms with van der Waals surface area (Å²) in [7, 11) is 7.76. The van der Waals surface area contributed by atoms with Crippen LogP contribution in [0.2, 0.25) is 0 Å². The van der Waals surface area contributed by atoms with Gasteiger partial charge in [-0.2, -0.15) is 13.2 Å². The van der Waals surface area contributed by atoms with Crippen LogP contribution in [0.15, 0.2) is 0 Å².